The summed E-state index contributed by atoms with van der Waals surface area (Å²) in [5, 5.41) is 9.08. The number of rotatable bonds is 6. The van der Waals surface area contributed by atoms with Gasteiger partial charge in [0.05, 0.1) is 9.79 Å². The molecule has 38 heavy (non-hydrogen) atoms. The molecule has 0 unspecified atom stereocenters. The summed E-state index contributed by atoms with van der Waals surface area (Å²) in [6.45, 7) is 3.80. The van der Waals surface area contributed by atoms with Crippen molar-refractivity contribution < 1.29 is 16.8 Å². The van der Waals surface area contributed by atoms with Crippen molar-refractivity contribution in [3.05, 3.63) is 84.0 Å². The number of nitrogens with zero attached hydrogens (tertiary/aromatic N) is 2. The van der Waals surface area contributed by atoms with Crippen molar-refractivity contribution in [2.75, 3.05) is 0 Å². The van der Waals surface area contributed by atoms with Gasteiger partial charge < -0.3 is 0 Å². The molecule has 200 valence electrons. The molecule has 8 nitrogen and oxygen atoms in total. The van der Waals surface area contributed by atoms with Gasteiger partial charge in [0.25, 0.3) is 20.0 Å². The van der Waals surface area contributed by atoms with E-state index in [2.05, 4.69) is 44.2 Å². The maximum atomic E-state index is 13.0. The van der Waals surface area contributed by atoms with Crippen molar-refractivity contribution in [2.45, 2.75) is 49.3 Å². The molecule has 0 heterocycles. The van der Waals surface area contributed by atoms with Gasteiger partial charge in [-0.1, -0.05) is 59.7 Å². The highest BCUT2D eigenvalue weighted by atomic mass is 32.2. The van der Waals surface area contributed by atoms with Crippen LogP contribution in [0.25, 0.3) is 0 Å². The van der Waals surface area contributed by atoms with E-state index in [-0.39, 0.29) is 33.5 Å². The summed E-state index contributed by atoms with van der Waals surface area (Å²) < 4.78 is 52.0. The minimum absolute atomic E-state index is 0.0731. The Morgan fingerprint density at radius 1 is 0.553 bits per heavy atom. The molecule has 2 aromatic rings. The number of hydrazone groups is 2. The fraction of sp³-hybridized carbons (Fsp3) is 0.357. The lowest BCUT2D eigenvalue weighted by atomic mass is 9.60. The second kappa shape index (κ2) is 10.5. The Morgan fingerprint density at radius 3 is 1.13 bits per heavy atom. The van der Waals surface area contributed by atoms with E-state index in [9.17, 15) is 16.8 Å². The largest absolute Gasteiger partial charge is 0.276 e. The smallest absolute Gasteiger partial charge is 0.200 e. The lowest BCUT2D eigenvalue weighted by Gasteiger charge is -2.45. The lowest BCUT2D eigenvalue weighted by molar-refractivity contribution is 0.381. The molecule has 1 fully saturated rings. The van der Waals surface area contributed by atoms with Crippen molar-refractivity contribution >= 4 is 31.5 Å². The quantitative estimate of drug-likeness (QED) is 0.407. The first-order chi connectivity index (χ1) is 18.2. The highest BCUT2D eigenvalue weighted by Crippen LogP contribution is 2.44. The molecule has 5 rings (SSSR count). The molecule has 10 heteroatoms. The van der Waals surface area contributed by atoms with Gasteiger partial charge in [0.15, 0.2) is 0 Å². The number of aryl methyl sites for hydroxylation is 2. The number of nitrogens with one attached hydrogen (secondary N) is 2. The van der Waals surface area contributed by atoms with Gasteiger partial charge in [-0.2, -0.15) is 27.0 Å². The minimum Gasteiger partial charge on any atom is -0.200 e. The Kier molecular flexibility index (Phi) is 7.28. The van der Waals surface area contributed by atoms with Gasteiger partial charge in [-0.3, -0.25) is 0 Å². The number of benzene rings is 2. The number of hydrogen-bond acceptors (Lipinski definition) is 6. The monoisotopic (exact) mass is 552 g/mol. The third kappa shape index (κ3) is 5.33. The van der Waals surface area contributed by atoms with E-state index in [4.69, 9.17) is 0 Å². The average molecular weight is 553 g/mol. The molecule has 2 N–H and O–H groups in total. The summed E-state index contributed by atoms with van der Waals surface area (Å²) in [6.07, 6.45) is 11.1. The van der Waals surface area contributed by atoms with Gasteiger partial charge in [0.2, 0.25) is 0 Å². The molecule has 0 amide bonds. The number of hydrogen-bond donors (Lipinski definition) is 2. The van der Waals surface area contributed by atoms with Crippen LogP contribution in [-0.4, -0.2) is 28.3 Å². The Hall–Kier alpha value is -3.24. The SMILES string of the molecule is Cc1ccc(S(=O)(=O)NN=C2[C@H]3CC=CC[C@@H]3C(=NNS(=O)(=O)c3ccc(C)cc3)[C@@H]3CC=CC[C@H]23)cc1. The van der Waals surface area contributed by atoms with Gasteiger partial charge >= 0.3 is 0 Å². The fourth-order valence-electron chi connectivity index (χ4n) is 5.58. The molecule has 2 aromatic carbocycles. The first-order valence-electron chi connectivity index (χ1n) is 12.8. The van der Waals surface area contributed by atoms with E-state index in [0.717, 1.165) is 22.6 Å². The predicted octanol–water partition coefficient (Wildman–Crippen LogP) is 4.45. The second-order valence-electron chi connectivity index (χ2n) is 10.2. The molecule has 3 aliphatic carbocycles. The molecule has 0 aliphatic heterocycles. The zero-order valence-corrected chi connectivity index (χ0v) is 23.0. The van der Waals surface area contributed by atoms with Crippen LogP contribution in [0, 0.1) is 37.5 Å². The fourth-order valence-corrected chi connectivity index (χ4v) is 7.23. The van der Waals surface area contributed by atoms with E-state index in [1.165, 1.54) is 0 Å². The van der Waals surface area contributed by atoms with Crippen LogP contribution < -0.4 is 9.66 Å². The topological polar surface area (TPSA) is 117 Å². The van der Waals surface area contributed by atoms with E-state index < -0.39 is 20.0 Å². The van der Waals surface area contributed by atoms with Crippen LogP contribution in [0.5, 0.6) is 0 Å². The summed E-state index contributed by atoms with van der Waals surface area (Å²) in [5.74, 6) is -0.292. The van der Waals surface area contributed by atoms with Crippen LogP contribution in [0.4, 0.5) is 0 Å². The maximum Gasteiger partial charge on any atom is 0.276 e. The highest BCUT2D eigenvalue weighted by Gasteiger charge is 2.47. The molecule has 0 radical (unpaired) electrons. The summed E-state index contributed by atoms with van der Waals surface area (Å²) in [6, 6.07) is 13.3. The van der Waals surface area contributed by atoms with Crippen molar-refractivity contribution in [2.24, 2.45) is 33.9 Å². The molecule has 0 bridgehead atoms. The second-order valence-corrected chi connectivity index (χ2v) is 13.5. The van der Waals surface area contributed by atoms with Gasteiger partial charge in [0.1, 0.15) is 0 Å². The van der Waals surface area contributed by atoms with Crippen LogP contribution in [0.3, 0.4) is 0 Å². The maximum absolute atomic E-state index is 13.0. The zero-order chi connectivity index (χ0) is 26.9. The normalized spacial score (nSPS) is 27.1. The van der Waals surface area contributed by atoms with Gasteiger partial charge in [0, 0.05) is 35.1 Å². The average Bonchev–Trinajstić information content (AvgIpc) is 2.91. The Bertz CT molecular complexity index is 1370. The van der Waals surface area contributed by atoms with E-state index in [1.807, 2.05) is 13.8 Å². The zero-order valence-electron chi connectivity index (χ0n) is 21.4. The molecule has 0 saturated heterocycles. The molecular weight excluding hydrogens is 520 g/mol. The number of allylic oxidation sites excluding steroid dienone is 4. The third-order valence-electron chi connectivity index (χ3n) is 7.64. The highest BCUT2D eigenvalue weighted by molar-refractivity contribution is 7.89. The summed E-state index contributed by atoms with van der Waals surface area (Å²) in [5.41, 5.74) is 3.57. The Balaban J connectivity index is 1.47. The standard InChI is InChI=1S/C28H32N4O4S2/c1-19-11-15-21(16-12-19)37(33,34)31-29-27-23-7-3-5-9-25(23)28(26-10-6-4-8-24(26)27)30-32-38(35,36)22-17-13-20(2)14-18-22/h3-6,11-18,23-26,31-32H,7-10H2,1-2H3/t23-,24-,25-,26+/m0/s1. The summed E-state index contributed by atoms with van der Waals surface area (Å²) in [7, 11) is -7.65. The van der Waals surface area contributed by atoms with Gasteiger partial charge in [-0.15, -0.1) is 0 Å². The van der Waals surface area contributed by atoms with Crippen LogP contribution in [0.1, 0.15) is 36.8 Å². The summed E-state index contributed by atoms with van der Waals surface area (Å²) >= 11 is 0. The number of sulfonamides is 2. The van der Waals surface area contributed by atoms with Crippen molar-refractivity contribution in [3.8, 4) is 0 Å². The molecule has 1 saturated carbocycles. The van der Waals surface area contributed by atoms with Crippen molar-refractivity contribution in [1.82, 2.24) is 9.66 Å². The van der Waals surface area contributed by atoms with E-state index in [0.29, 0.717) is 25.7 Å². The molecule has 0 aromatic heterocycles. The molecular formula is C28H32N4O4S2. The molecule has 4 atom stereocenters. The van der Waals surface area contributed by atoms with Crippen LogP contribution in [-0.2, 0) is 20.0 Å². The summed E-state index contributed by atoms with van der Waals surface area (Å²) in [4.78, 5) is 5.30. The first kappa shape index (κ1) is 26.4. The minimum atomic E-state index is -3.82. The Morgan fingerprint density at radius 2 is 0.842 bits per heavy atom. The molecule has 3 aliphatic rings. The van der Waals surface area contributed by atoms with Gasteiger partial charge in [-0.05, 0) is 63.8 Å². The van der Waals surface area contributed by atoms with E-state index >= 15 is 0 Å². The van der Waals surface area contributed by atoms with Crippen LogP contribution in [0.15, 0.2) is 92.8 Å². The van der Waals surface area contributed by atoms with Gasteiger partial charge in [-0.25, -0.2) is 9.66 Å². The molecule has 0 spiro atoms. The van der Waals surface area contributed by atoms with Crippen LogP contribution in [0.2, 0.25) is 0 Å². The first-order valence-corrected chi connectivity index (χ1v) is 15.7. The lowest BCUT2D eigenvalue weighted by Crippen LogP contribution is -2.50. The third-order valence-corrected chi connectivity index (χ3v) is 10.1. The van der Waals surface area contributed by atoms with Crippen LogP contribution >= 0.6 is 0 Å². The van der Waals surface area contributed by atoms with Crippen molar-refractivity contribution in [1.29, 1.82) is 0 Å². The van der Waals surface area contributed by atoms with Crippen molar-refractivity contribution in [3.63, 3.8) is 0 Å². The van der Waals surface area contributed by atoms with E-state index in [1.54, 1.807) is 48.5 Å². The number of fused-ring (bicyclic) bond motifs is 2. The predicted molar refractivity (Wildman–Crippen MR) is 149 cm³/mol. The Labute approximate surface area is 224 Å².